The van der Waals surface area contributed by atoms with Crippen LogP contribution >= 0.6 is 15.9 Å². The highest BCUT2D eigenvalue weighted by Crippen LogP contribution is 2.71. The average molecular weight is 1190 g/mol. The van der Waals surface area contributed by atoms with E-state index in [0.717, 1.165) is 0 Å². The molecule has 9 heterocycles. The molecule has 0 bridgehead atoms. The molecule has 9 aromatic carbocycles. The molecule has 0 radical (unpaired) electrons. The molecule has 0 N–H and O–H groups in total. The number of rotatable bonds is 1. The second kappa shape index (κ2) is 15.9. The minimum Gasteiger partial charge on any atom is -0.309 e. The Kier molecular flexibility index (Phi) is 10.1. The molecule has 9 aliphatic rings. The fourth-order valence-electron chi connectivity index (χ4n) is 18.9. The maximum atomic E-state index is 3.83. The van der Waals surface area contributed by atoms with Crippen molar-refractivity contribution in [2.45, 2.75) is 181 Å². The van der Waals surface area contributed by atoms with Crippen LogP contribution in [0.25, 0.3) is 11.1 Å². The molecule has 0 atom stereocenters. The minimum atomic E-state index is -0.190. The Bertz CT molecular complexity index is 4190. The van der Waals surface area contributed by atoms with Crippen LogP contribution in [0.5, 0.6) is 0 Å². The molecule has 0 saturated heterocycles. The highest BCUT2D eigenvalue weighted by molar-refractivity contribution is 9.10. The second-order valence-electron chi connectivity index (χ2n) is 31.5. The van der Waals surface area contributed by atoms with E-state index in [2.05, 4.69) is 301 Å². The van der Waals surface area contributed by atoms with Crippen molar-refractivity contribution in [3.63, 3.8) is 0 Å². The van der Waals surface area contributed by atoms with Crippen LogP contribution in [0.4, 0.5) is 51.2 Å². The molecule has 0 fully saturated rings. The van der Waals surface area contributed by atoms with Gasteiger partial charge < -0.3 is 14.7 Å². The first-order valence-corrected chi connectivity index (χ1v) is 32.2. The van der Waals surface area contributed by atoms with Gasteiger partial charge in [0.1, 0.15) is 0 Å². The lowest BCUT2D eigenvalue weighted by Gasteiger charge is -2.55. The number of benzene rings is 9. The highest BCUT2D eigenvalue weighted by atomic mass is 79.9. The molecule has 9 aromatic rings. The quantitative estimate of drug-likeness (QED) is 0.162. The third-order valence-electron chi connectivity index (χ3n) is 24.0. The van der Waals surface area contributed by atoms with E-state index in [1.807, 2.05) is 0 Å². The topological polar surface area (TPSA) is 9.72 Å². The lowest BCUT2D eigenvalue weighted by atomic mass is 9.60. The molecule has 0 amide bonds. The molecule has 4 heteroatoms. The van der Waals surface area contributed by atoms with E-state index in [9.17, 15) is 0 Å². The van der Waals surface area contributed by atoms with Crippen molar-refractivity contribution in [3.8, 4) is 11.1 Å². The van der Waals surface area contributed by atoms with Gasteiger partial charge in [0.15, 0.2) is 0 Å². The Hall–Kier alpha value is -7.14. The van der Waals surface area contributed by atoms with Crippen molar-refractivity contribution in [2.24, 2.45) is 0 Å². The molecule has 18 rings (SSSR count). The summed E-state index contributed by atoms with van der Waals surface area (Å²) in [5.41, 5.74) is 39.9. The van der Waals surface area contributed by atoms with Gasteiger partial charge in [-0.1, -0.05) is 257 Å². The van der Waals surface area contributed by atoms with E-state index in [1.165, 1.54) is 167 Å². The average Bonchev–Trinajstić information content (AvgIpc) is 0.686. The third kappa shape index (κ3) is 5.94. The summed E-state index contributed by atoms with van der Waals surface area (Å²) in [6, 6.07) is 57.3. The fourth-order valence-corrected chi connectivity index (χ4v) is 19.3. The number of hydrogen-bond acceptors (Lipinski definition) is 3. The van der Waals surface area contributed by atoms with Crippen LogP contribution < -0.4 is 14.7 Å². The molecule has 0 spiro atoms. The lowest BCUT2D eigenvalue weighted by Crippen LogP contribution is -2.43. The van der Waals surface area contributed by atoms with Gasteiger partial charge in [0, 0.05) is 53.2 Å². The van der Waals surface area contributed by atoms with E-state index in [0.29, 0.717) is 0 Å². The molecule has 3 nitrogen and oxygen atoms in total. The number of para-hydroxylation sites is 6. The zero-order valence-electron chi connectivity index (χ0n) is 53.1. The number of hydrogen-bond donors (Lipinski definition) is 0. The molecular weight excluding hydrogens is 1110 g/mol. The van der Waals surface area contributed by atoms with Crippen LogP contribution in [0.1, 0.15) is 232 Å². The Balaban J connectivity index is 0.000000168. The van der Waals surface area contributed by atoms with E-state index < -0.39 is 0 Å². The molecule has 86 heavy (non-hydrogen) atoms. The maximum Gasteiger partial charge on any atom is 0.0544 e. The third-order valence-corrected chi connectivity index (χ3v) is 24.4. The van der Waals surface area contributed by atoms with Gasteiger partial charge in [-0.05, 0) is 148 Å². The van der Waals surface area contributed by atoms with E-state index in [1.54, 1.807) is 0 Å². The Morgan fingerprint density at radius 3 is 0.500 bits per heavy atom. The van der Waals surface area contributed by atoms with Gasteiger partial charge >= 0.3 is 0 Å². The van der Waals surface area contributed by atoms with Crippen molar-refractivity contribution in [1.82, 2.24) is 0 Å². The highest BCUT2D eigenvalue weighted by Gasteiger charge is 2.56. The Morgan fingerprint density at radius 1 is 0.209 bits per heavy atom. The van der Waals surface area contributed by atoms with Gasteiger partial charge in [0.2, 0.25) is 0 Å². The summed E-state index contributed by atoms with van der Waals surface area (Å²) in [7, 11) is 0. The normalized spacial score (nSPS) is 20.5. The van der Waals surface area contributed by atoms with Gasteiger partial charge in [-0.3, -0.25) is 0 Å². The molecule has 0 aromatic heterocycles. The minimum absolute atomic E-state index is 0. The van der Waals surface area contributed by atoms with Gasteiger partial charge in [-0.15, -0.1) is 0 Å². The van der Waals surface area contributed by atoms with Crippen molar-refractivity contribution in [3.05, 3.63) is 250 Å². The van der Waals surface area contributed by atoms with E-state index >= 15 is 0 Å². The summed E-state index contributed by atoms with van der Waals surface area (Å²) in [5, 5.41) is 0. The summed E-state index contributed by atoms with van der Waals surface area (Å²) in [6.07, 6.45) is 0. The SMILES string of the molecule is C.CC1(C)c2cccc3c2N2c4c1cccc4C(C)(C)c1cc(-c4cc5c6c(c4)C(C)(C)c4cccc7c4N6c4c(cccc4C5(C)C)C7(C)C)cc(c12)C3(C)C.CC1(C)c2cccc3c2N2c4c1cccc4C(C)(C)c1cc(Br)cc(c12)C3(C)C. The number of anilines is 9. The summed E-state index contributed by atoms with van der Waals surface area (Å²) < 4.78 is 1.17. The van der Waals surface area contributed by atoms with Crippen LogP contribution in [-0.4, -0.2) is 0 Å². The van der Waals surface area contributed by atoms with Crippen LogP contribution in [0, 0.1) is 0 Å². The van der Waals surface area contributed by atoms with Crippen molar-refractivity contribution < 1.29 is 0 Å². The van der Waals surface area contributed by atoms with E-state index in [-0.39, 0.29) is 56.2 Å². The first-order valence-electron chi connectivity index (χ1n) is 31.4. The monoisotopic (exact) mass is 1190 g/mol. The molecule has 9 aliphatic heterocycles. The zero-order valence-corrected chi connectivity index (χ0v) is 54.7. The first-order chi connectivity index (χ1) is 39.9. The van der Waals surface area contributed by atoms with Gasteiger partial charge in [0.25, 0.3) is 0 Å². The van der Waals surface area contributed by atoms with Crippen LogP contribution in [-0.2, 0) is 48.7 Å². The Labute approximate surface area is 520 Å². The second-order valence-corrected chi connectivity index (χ2v) is 32.4. The predicted octanol–water partition coefficient (Wildman–Crippen LogP) is 22.6. The van der Waals surface area contributed by atoms with Crippen LogP contribution in [0.3, 0.4) is 0 Å². The summed E-state index contributed by atoms with van der Waals surface area (Å²) in [5.74, 6) is 0. The molecule has 0 saturated carbocycles. The maximum absolute atomic E-state index is 3.83. The predicted molar refractivity (Wildman–Crippen MR) is 366 cm³/mol. The van der Waals surface area contributed by atoms with Crippen LogP contribution in [0.2, 0.25) is 0 Å². The van der Waals surface area contributed by atoms with Gasteiger partial charge in [0.05, 0.1) is 51.2 Å². The van der Waals surface area contributed by atoms with Crippen molar-refractivity contribution in [2.75, 3.05) is 14.7 Å². The van der Waals surface area contributed by atoms with E-state index in [4.69, 9.17) is 0 Å². The largest absolute Gasteiger partial charge is 0.309 e. The summed E-state index contributed by atoms with van der Waals surface area (Å²) in [6.45, 7) is 43.8. The summed E-state index contributed by atoms with van der Waals surface area (Å²) in [4.78, 5) is 7.98. The van der Waals surface area contributed by atoms with Gasteiger partial charge in [-0.2, -0.15) is 0 Å². The number of halogens is 1. The van der Waals surface area contributed by atoms with Crippen molar-refractivity contribution in [1.29, 1.82) is 0 Å². The number of nitrogens with zero attached hydrogens (tertiary/aromatic N) is 3. The molecule has 432 valence electrons. The summed E-state index contributed by atoms with van der Waals surface area (Å²) >= 11 is 3.83. The zero-order chi connectivity index (χ0) is 59.5. The molecule has 0 unspecified atom stereocenters. The molecule has 0 aliphatic carbocycles. The Morgan fingerprint density at radius 2 is 0.337 bits per heavy atom. The van der Waals surface area contributed by atoms with Crippen LogP contribution in [0.15, 0.2) is 150 Å². The standard InChI is InChI=1S/C54H52N2.C27H26BrN.CH4/c1-49(2)31-17-13-21-35-43(31)55-44-32(49)18-14-22-36(44)52(7,8)40-26-29(25-39(47(40)55)51(35,5)6)30-27-41-48-42(28-30)54(11,12)38-24-16-20-34-46(38)56(48)45-33(50(34,3)4)19-15-23-37(45)53(41,9)10;1-25(2)16-9-7-11-18-22(16)29-23-17(25)10-8-12-19(23)27(5,6)21-14-15(28)13-20(24(21)29)26(18,3)4;/h13-28H,1-12H3;7-14H,1-6H3;1H4. The van der Waals surface area contributed by atoms with Gasteiger partial charge in [-0.25, -0.2) is 0 Å². The first kappa shape index (κ1) is 54.3. The molecular formula is C82H82BrN3. The van der Waals surface area contributed by atoms with Crippen molar-refractivity contribution >= 4 is 67.1 Å². The smallest absolute Gasteiger partial charge is 0.0544 e. The lowest BCUT2D eigenvalue weighted by molar-refractivity contribution is 0.565. The fraction of sp³-hybridized carbons (Fsp3) is 0.341.